The summed E-state index contributed by atoms with van der Waals surface area (Å²) in [5.41, 5.74) is -0.168. The molecule has 0 aromatic heterocycles. The van der Waals surface area contributed by atoms with Crippen LogP contribution < -0.4 is 5.32 Å². The van der Waals surface area contributed by atoms with Crippen LogP contribution in [0.4, 0.5) is 8.78 Å². The molecule has 0 atom stereocenters. The molecule has 1 aliphatic rings. The first-order valence-corrected chi connectivity index (χ1v) is 7.43. The summed E-state index contributed by atoms with van der Waals surface area (Å²) in [6.45, 7) is 1.75. The summed E-state index contributed by atoms with van der Waals surface area (Å²) >= 11 is 0. The summed E-state index contributed by atoms with van der Waals surface area (Å²) in [6.07, 6.45) is 1.75. The molecular formula is C16H21ClF2N2O2. The lowest BCUT2D eigenvalue weighted by Crippen LogP contribution is -2.44. The quantitative estimate of drug-likeness (QED) is 0.834. The number of Topliss-reactive ketones (excluding diaryl/α,β-unsaturated/α-hetero) is 1. The normalized spacial score (nSPS) is 14.9. The summed E-state index contributed by atoms with van der Waals surface area (Å²) in [4.78, 5) is 25.7. The highest BCUT2D eigenvalue weighted by molar-refractivity contribution is 5.98. The van der Waals surface area contributed by atoms with Crippen LogP contribution in [0.1, 0.15) is 36.0 Å². The Labute approximate surface area is 140 Å². The second-order valence-corrected chi connectivity index (χ2v) is 5.53. The fraction of sp³-hybridized carbons (Fsp3) is 0.500. The van der Waals surface area contributed by atoms with Gasteiger partial charge >= 0.3 is 0 Å². The van der Waals surface area contributed by atoms with E-state index in [2.05, 4.69) is 5.32 Å². The number of nitrogens with zero attached hydrogens (tertiary/aromatic N) is 1. The predicted octanol–water partition coefficient (Wildman–Crippen LogP) is 2.56. The van der Waals surface area contributed by atoms with Crippen molar-refractivity contribution in [3.05, 3.63) is 35.4 Å². The van der Waals surface area contributed by atoms with Gasteiger partial charge in [-0.2, -0.15) is 0 Å². The molecule has 7 heteroatoms. The molecule has 1 heterocycles. The minimum absolute atomic E-state index is 0. The zero-order valence-corrected chi connectivity index (χ0v) is 13.8. The van der Waals surface area contributed by atoms with Crippen molar-refractivity contribution in [2.24, 2.45) is 0 Å². The van der Waals surface area contributed by atoms with Crippen LogP contribution in [0.15, 0.2) is 18.2 Å². The number of carbonyl (C=O) groups is 2. The third-order valence-electron chi connectivity index (χ3n) is 4.05. The zero-order valence-electron chi connectivity index (χ0n) is 13.0. The highest BCUT2D eigenvalue weighted by Gasteiger charge is 2.22. The second kappa shape index (κ2) is 8.93. The minimum Gasteiger partial charge on any atom is -0.343 e. The molecule has 0 saturated carbocycles. The molecule has 2 rings (SSSR count). The first-order chi connectivity index (χ1) is 10.5. The van der Waals surface area contributed by atoms with E-state index in [0.717, 1.165) is 38.1 Å². The van der Waals surface area contributed by atoms with Crippen LogP contribution in [-0.2, 0) is 4.79 Å². The van der Waals surface area contributed by atoms with Crippen LogP contribution in [0.5, 0.6) is 0 Å². The highest BCUT2D eigenvalue weighted by Crippen LogP contribution is 2.15. The van der Waals surface area contributed by atoms with Gasteiger partial charge in [-0.1, -0.05) is 0 Å². The molecule has 1 N–H and O–H groups in total. The van der Waals surface area contributed by atoms with E-state index in [-0.39, 0.29) is 42.8 Å². The van der Waals surface area contributed by atoms with E-state index in [0.29, 0.717) is 6.07 Å². The molecule has 0 bridgehead atoms. The topological polar surface area (TPSA) is 49.4 Å². The van der Waals surface area contributed by atoms with Gasteiger partial charge in [-0.25, -0.2) is 8.78 Å². The molecular weight excluding hydrogens is 326 g/mol. The van der Waals surface area contributed by atoms with Gasteiger partial charge in [0.2, 0.25) is 5.91 Å². The summed E-state index contributed by atoms with van der Waals surface area (Å²) in [5, 5.41) is 3.23. The monoisotopic (exact) mass is 346 g/mol. The zero-order chi connectivity index (χ0) is 16.1. The van der Waals surface area contributed by atoms with Gasteiger partial charge in [0, 0.05) is 32.0 Å². The maximum atomic E-state index is 13.5. The van der Waals surface area contributed by atoms with Crippen molar-refractivity contribution >= 4 is 24.1 Å². The van der Waals surface area contributed by atoms with Crippen molar-refractivity contribution in [2.75, 3.05) is 20.1 Å². The van der Waals surface area contributed by atoms with Gasteiger partial charge in [-0.15, -0.1) is 12.4 Å². The molecule has 1 aromatic carbocycles. The van der Waals surface area contributed by atoms with E-state index in [4.69, 9.17) is 0 Å². The van der Waals surface area contributed by atoms with E-state index in [1.165, 1.54) is 0 Å². The molecule has 128 valence electrons. The van der Waals surface area contributed by atoms with Crippen LogP contribution in [0.3, 0.4) is 0 Å². The number of rotatable bonds is 5. The first kappa shape index (κ1) is 19.5. The number of ketones is 1. The number of hydrogen-bond donors (Lipinski definition) is 1. The van der Waals surface area contributed by atoms with Crippen molar-refractivity contribution in [1.29, 1.82) is 0 Å². The molecule has 1 amide bonds. The number of hydrogen-bond acceptors (Lipinski definition) is 3. The Kier molecular flexibility index (Phi) is 7.58. The molecule has 0 spiro atoms. The van der Waals surface area contributed by atoms with E-state index < -0.39 is 17.4 Å². The molecule has 1 saturated heterocycles. The highest BCUT2D eigenvalue weighted by atomic mass is 35.5. The summed E-state index contributed by atoms with van der Waals surface area (Å²) in [7, 11) is 1.74. The molecule has 1 aliphatic heterocycles. The van der Waals surface area contributed by atoms with Crippen LogP contribution in [0.2, 0.25) is 0 Å². The summed E-state index contributed by atoms with van der Waals surface area (Å²) in [5.74, 6) is -2.22. The van der Waals surface area contributed by atoms with E-state index in [1.54, 1.807) is 11.9 Å². The molecule has 0 radical (unpaired) electrons. The molecule has 1 aromatic rings. The van der Waals surface area contributed by atoms with Crippen LogP contribution in [0.25, 0.3) is 0 Å². The van der Waals surface area contributed by atoms with Crippen LogP contribution in [0, 0.1) is 11.6 Å². The van der Waals surface area contributed by atoms with Crippen molar-refractivity contribution in [3.8, 4) is 0 Å². The standard InChI is InChI=1S/C16H20F2N2O2.ClH/c1-20(12-6-8-19-9-7-12)16(22)5-4-15(21)13-3-2-11(17)10-14(13)18;/h2-3,10,12,19H,4-9H2,1H3;1H. The lowest BCUT2D eigenvalue weighted by atomic mass is 10.0. The number of nitrogens with one attached hydrogen (secondary N) is 1. The van der Waals surface area contributed by atoms with Gasteiger partial charge in [0.15, 0.2) is 5.78 Å². The van der Waals surface area contributed by atoms with Crippen molar-refractivity contribution in [2.45, 2.75) is 31.7 Å². The van der Waals surface area contributed by atoms with Crippen molar-refractivity contribution < 1.29 is 18.4 Å². The first-order valence-electron chi connectivity index (χ1n) is 7.43. The Balaban J connectivity index is 0.00000264. The van der Waals surface area contributed by atoms with Crippen molar-refractivity contribution in [1.82, 2.24) is 10.2 Å². The van der Waals surface area contributed by atoms with Crippen molar-refractivity contribution in [3.63, 3.8) is 0 Å². The van der Waals surface area contributed by atoms with E-state index in [1.807, 2.05) is 0 Å². The molecule has 4 nitrogen and oxygen atoms in total. The number of benzene rings is 1. The number of piperidine rings is 1. The lowest BCUT2D eigenvalue weighted by Gasteiger charge is -2.31. The van der Waals surface area contributed by atoms with Gasteiger partial charge in [0.05, 0.1) is 5.56 Å². The maximum Gasteiger partial charge on any atom is 0.223 e. The SMILES string of the molecule is CN(C(=O)CCC(=O)c1ccc(F)cc1F)C1CCNCC1.Cl. The van der Waals surface area contributed by atoms with Gasteiger partial charge in [-0.05, 0) is 38.1 Å². The Hall–Kier alpha value is -1.53. The third kappa shape index (κ3) is 5.25. The number of carbonyl (C=O) groups excluding carboxylic acids is 2. The lowest BCUT2D eigenvalue weighted by molar-refractivity contribution is -0.132. The molecule has 0 unspecified atom stereocenters. The molecule has 23 heavy (non-hydrogen) atoms. The average Bonchev–Trinajstić information content (AvgIpc) is 2.52. The molecule has 0 aliphatic carbocycles. The second-order valence-electron chi connectivity index (χ2n) is 5.53. The Morgan fingerprint density at radius 1 is 1.22 bits per heavy atom. The van der Waals surface area contributed by atoms with Gasteiger partial charge in [-0.3, -0.25) is 9.59 Å². The third-order valence-corrected chi connectivity index (χ3v) is 4.05. The van der Waals surface area contributed by atoms with Gasteiger partial charge in [0.25, 0.3) is 0 Å². The van der Waals surface area contributed by atoms with Crippen LogP contribution >= 0.6 is 12.4 Å². The Morgan fingerprint density at radius 3 is 2.48 bits per heavy atom. The fourth-order valence-electron chi connectivity index (χ4n) is 2.64. The van der Waals surface area contributed by atoms with E-state index in [9.17, 15) is 18.4 Å². The summed E-state index contributed by atoms with van der Waals surface area (Å²) < 4.78 is 26.3. The maximum absolute atomic E-state index is 13.5. The van der Waals surface area contributed by atoms with Gasteiger partial charge < -0.3 is 10.2 Å². The largest absolute Gasteiger partial charge is 0.343 e. The van der Waals surface area contributed by atoms with Gasteiger partial charge in [0.1, 0.15) is 11.6 Å². The minimum atomic E-state index is -0.885. The Morgan fingerprint density at radius 2 is 1.87 bits per heavy atom. The smallest absolute Gasteiger partial charge is 0.223 e. The fourth-order valence-corrected chi connectivity index (χ4v) is 2.64. The number of halogens is 3. The average molecular weight is 347 g/mol. The number of amides is 1. The summed E-state index contributed by atoms with van der Waals surface area (Å²) in [6, 6.07) is 3.02. The predicted molar refractivity (Wildman–Crippen MR) is 85.8 cm³/mol. The van der Waals surface area contributed by atoms with Crippen LogP contribution in [-0.4, -0.2) is 42.8 Å². The Bertz CT molecular complexity index is 563. The molecule has 1 fully saturated rings. The van der Waals surface area contributed by atoms with E-state index >= 15 is 0 Å².